The molecule has 57 heavy (non-hydrogen) atoms. The molecule has 0 spiro atoms. The maximum absolute atomic E-state index is 14.0. The summed E-state index contributed by atoms with van der Waals surface area (Å²) in [6, 6.07) is 38.2. The van der Waals surface area contributed by atoms with Gasteiger partial charge in [0.25, 0.3) is 0 Å². The van der Waals surface area contributed by atoms with Crippen LogP contribution in [-0.4, -0.2) is 55.5 Å². The van der Waals surface area contributed by atoms with Gasteiger partial charge in [-0.2, -0.15) is 0 Å². The number of hydrogen-bond acceptors (Lipinski definition) is 7. The number of ketones is 3. The summed E-state index contributed by atoms with van der Waals surface area (Å²) >= 11 is 0. The molecule has 7 nitrogen and oxygen atoms in total. The van der Waals surface area contributed by atoms with E-state index in [1.54, 1.807) is 62.9 Å². The molecule has 0 aromatic heterocycles. The van der Waals surface area contributed by atoms with Crippen LogP contribution in [0.15, 0.2) is 115 Å². The van der Waals surface area contributed by atoms with Crippen molar-refractivity contribution in [2.24, 2.45) is 0 Å². The Hall–Kier alpha value is -5.05. The van der Waals surface area contributed by atoms with E-state index in [0.29, 0.717) is 42.7 Å². The minimum atomic E-state index is -1.03. The zero-order valence-corrected chi connectivity index (χ0v) is 34.7. The number of carbonyl (C=O) groups excluding carboxylic acids is 3. The van der Waals surface area contributed by atoms with Crippen molar-refractivity contribution >= 4 is 17.3 Å². The predicted molar refractivity (Wildman–Crippen MR) is 224 cm³/mol. The Kier molecular flexibility index (Phi) is 12.0. The van der Waals surface area contributed by atoms with E-state index in [-0.39, 0.29) is 17.3 Å². The van der Waals surface area contributed by atoms with E-state index in [1.165, 1.54) is 0 Å². The van der Waals surface area contributed by atoms with Gasteiger partial charge in [-0.3, -0.25) is 14.4 Å². The molecule has 1 aliphatic rings. The first-order valence-electron chi connectivity index (χ1n) is 19.4. The van der Waals surface area contributed by atoms with E-state index < -0.39 is 22.2 Å². The number of fused-ring (bicyclic) bond motifs is 3. The van der Waals surface area contributed by atoms with Crippen LogP contribution in [0.3, 0.4) is 0 Å². The van der Waals surface area contributed by atoms with Gasteiger partial charge in [0.05, 0.1) is 13.2 Å². The number of methoxy groups -OCH3 is 3. The summed E-state index contributed by atoms with van der Waals surface area (Å²) in [6.45, 7) is 11.5. The summed E-state index contributed by atoms with van der Waals surface area (Å²) in [5.41, 5.74) is 6.55. The van der Waals surface area contributed by atoms with Crippen LogP contribution in [0.5, 0.6) is 0 Å². The van der Waals surface area contributed by atoms with Gasteiger partial charge in [0.1, 0.15) is 16.8 Å². The first kappa shape index (κ1) is 41.6. The Balaban J connectivity index is 1.50. The van der Waals surface area contributed by atoms with E-state index in [0.717, 1.165) is 44.5 Å². The van der Waals surface area contributed by atoms with Gasteiger partial charge >= 0.3 is 0 Å². The molecular formula is C50H54O7. The zero-order valence-electron chi connectivity index (χ0n) is 34.7. The summed E-state index contributed by atoms with van der Waals surface area (Å²) < 4.78 is 22.9. The van der Waals surface area contributed by atoms with E-state index in [9.17, 15) is 14.4 Å². The Morgan fingerprint density at radius 2 is 0.842 bits per heavy atom. The fourth-order valence-electron chi connectivity index (χ4n) is 7.64. The van der Waals surface area contributed by atoms with E-state index in [2.05, 4.69) is 36.4 Å². The second-order valence-electron chi connectivity index (χ2n) is 16.6. The molecule has 5 aromatic rings. The largest absolute Gasteiger partial charge is 0.372 e. The lowest BCUT2D eigenvalue weighted by Crippen LogP contribution is -2.35. The third kappa shape index (κ3) is 8.48. The molecule has 0 radical (unpaired) electrons. The number of rotatable bonds is 17. The molecule has 0 fully saturated rings. The third-order valence-corrected chi connectivity index (χ3v) is 11.7. The van der Waals surface area contributed by atoms with Crippen molar-refractivity contribution < 1.29 is 33.3 Å². The normalized spacial score (nSPS) is 13.6. The lowest BCUT2D eigenvalue weighted by molar-refractivity contribution is 0.0228. The van der Waals surface area contributed by atoms with Crippen molar-refractivity contribution in [2.45, 2.75) is 89.8 Å². The molecule has 0 N–H and O–H groups in total. The summed E-state index contributed by atoms with van der Waals surface area (Å²) in [5, 5.41) is 0. The highest BCUT2D eigenvalue weighted by Gasteiger charge is 2.45. The highest BCUT2D eigenvalue weighted by molar-refractivity contribution is 6.04. The molecule has 0 saturated heterocycles. The smallest absolute Gasteiger partial charge is 0.194 e. The quantitative estimate of drug-likeness (QED) is 0.0871. The molecule has 7 heteroatoms. The average Bonchev–Trinajstić information content (AvgIpc) is 3.48. The minimum absolute atomic E-state index is 0.0989. The predicted octanol–water partition coefficient (Wildman–Crippen LogP) is 9.98. The average molecular weight is 767 g/mol. The van der Waals surface area contributed by atoms with E-state index >= 15 is 0 Å². The van der Waals surface area contributed by atoms with Crippen LogP contribution in [0.2, 0.25) is 0 Å². The minimum Gasteiger partial charge on any atom is -0.372 e. The van der Waals surface area contributed by atoms with Gasteiger partial charge in [-0.05, 0) is 105 Å². The molecule has 1 aliphatic carbocycles. The standard InChI is InChI=1S/C50H54O7/c1-47(2,54-7)44(51)37-20-15-33(16-21-37)29-50(30-34-17-22-38(23-18-34)45(52)48(3,4)55-8)42-27-36(32-57-31-35-13-11-10-12-14-35)19-25-40(42)41-26-24-39(28-43(41)50)46(53)49(5,6)56-9/h10-28H,29-32H2,1-9H3. The molecule has 296 valence electrons. The highest BCUT2D eigenvalue weighted by atomic mass is 16.5. The molecule has 5 aromatic carbocycles. The first-order chi connectivity index (χ1) is 27.0. The zero-order chi connectivity index (χ0) is 41.2. The fourth-order valence-corrected chi connectivity index (χ4v) is 7.64. The number of benzene rings is 5. The van der Waals surface area contributed by atoms with E-state index in [4.69, 9.17) is 18.9 Å². The summed E-state index contributed by atoms with van der Waals surface area (Å²) in [7, 11) is 4.64. The van der Waals surface area contributed by atoms with Gasteiger partial charge in [-0.15, -0.1) is 0 Å². The summed E-state index contributed by atoms with van der Waals surface area (Å²) in [5.74, 6) is -0.309. The molecule has 0 amide bonds. The van der Waals surface area contributed by atoms with Gasteiger partial charge in [0.2, 0.25) is 0 Å². The summed E-state index contributed by atoms with van der Waals surface area (Å²) in [6.07, 6.45) is 1.12. The van der Waals surface area contributed by atoms with Crippen LogP contribution in [0, 0.1) is 0 Å². The van der Waals surface area contributed by atoms with Crippen molar-refractivity contribution in [2.75, 3.05) is 21.3 Å². The van der Waals surface area contributed by atoms with Crippen molar-refractivity contribution in [1.82, 2.24) is 0 Å². The maximum atomic E-state index is 14.0. The summed E-state index contributed by atoms with van der Waals surface area (Å²) in [4.78, 5) is 40.7. The number of hydrogen-bond donors (Lipinski definition) is 0. The van der Waals surface area contributed by atoms with Crippen molar-refractivity contribution in [3.8, 4) is 11.1 Å². The van der Waals surface area contributed by atoms with Crippen LogP contribution >= 0.6 is 0 Å². The molecule has 0 atom stereocenters. The number of Topliss-reactive ketones (excluding diaryl/α,β-unsaturated/α-hetero) is 3. The Bertz CT molecular complexity index is 2170. The Morgan fingerprint density at radius 1 is 0.456 bits per heavy atom. The van der Waals surface area contributed by atoms with Crippen LogP contribution < -0.4 is 0 Å². The Labute approximate surface area is 337 Å². The molecule has 0 saturated carbocycles. The van der Waals surface area contributed by atoms with Crippen LogP contribution in [0.25, 0.3) is 11.1 Å². The molecular weight excluding hydrogens is 713 g/mol. The lowest BCUT2D eigenvalue weighted by atomic mass is 9.69. The lowest BCUT2D eigenvalue weighted by Gasteiger charge is -2.34. The Morgan fingerprint density at radius 3 is 1.32 bits per heavy atom. The maximum Gasteiger partial charge on any atom is 0.194 e. The van der Waals surface area contributed by atoms with Crippen molar-refractivity contribution in [3.05, 3.63) is 165 Å². The van der Waals surface area contributed by atoms with E-state index in [1.807, 2.05) is 78.9 Å². The SMILES string of the molecule is COC(C)(C)C(=O)c1ccc(CC2(Cc3ccc(C(=O)C(C)(C)OC)cc3)c3cc(COCc4ccccc4)ccc3-c3ccc(C(=O)C(C)(C)OC)cc32)cc1. The van der Waals surface area contributed by atoms with Gasteiger partial charge in [0.15, 0.2) is 17.3 Å². The fraction of sp³-hybridized carbons (Fsp3) is 0.340. The second kappa shape index (κ2) is 16.4. The van der Waals surface area contributed by atoms with Crippen molar-refractivity contribution in [1.29, 1.82) is 0 Å². The van der Waals surface area contributed by atoms with Crippen molar-refractivity contribution in [3.63, 3.8) is 0 Å². The van der Waals surface area contributed by atoms with Gasteiger partial charge < -0.3 is 18.9 Å². The third-order valence-electron chi connectivity index (χ3n) is 11.7. The number of ether oxygens (including phenoxy) is 4. The monoisotopic (exact) mass is 766 g/mol. The first-order valence-corrected chi connectivity index (χ1v) is 19.4. The molecule has 6 rings (SSSR count). The van der Waals surface area contributed by atoms with Gasteiger partial charge in [0, 0.05) is 43.4 Å². The molecule has 0 heterocycles. The van der Waals surface area contributed by atoms with Gasteiger partial charge in [-0.25, -0.2) is 0 Å². The van der Waals surface area contributed by atoms with Crippen LogP contribution in [-0.2, 0) is 50.4 Å². The van der Waals surface area contributed by atoms with Crippen LogP contribution in [0.1, 0.15) is 106 Å². The molecule has 0 aliphatic heterocycles. The molecule has 0 bridgehead atoms. The highest BCUT2D eigenvalue weighted by Crippen LogP contribution is 2.53. The van der Waals surface area contributed by atoms with Gasteiger partial charge in [-0.1, -0.05) is 109 Å². The number of carbonyl (C=O) groups is 3. The van der Waals surface area contributed by atoms with Crippen LogP contribution in [0.4, 0.5) is 0 Å². The molecule has 0 unspecified atom stereocenters. The second-order valence-corrected chi connectivity index (χ2v) is 16.6. The topological polar surface area (TPSA) is 88.1 Å².